The van der Waals surface area contributed by atoms with E-state index in [1.807, 2.05) is 24.3 Å². The zero-order valence-corrected chi connectivity index (χ0v) is 12.7. The fourth-order valence-electron chi connectivity index (χ4n) is 1.64. The van der Waals surface area contributed by atoms with Crippen molar-refractivity contribution >= 4 is 12.2 Å². The molecule has 0 radical (unpaired) electrons. The maximum Gasteiger partial charge on any atom is 0.318 e. The molecule has 7 heteroatoms. The van der Waals surface area contributed by atoms with Crippen molar-refractivity contribution in [1.29, 1.82) is 0 Å². The number of aliphatic imine (C=N–C) groups is 1. The molecular formula is C15H17FN4O2. The van der Waals surface area contributed by atoms with Gasteiger partial charge in [0.05, 0.1) is 19.6 Å². The predicted octanol–water partition coefficient (Wildman–Crippen LogP) is 2.42. The van der Waals surface area contributed by atoms with E-state index in [0.29, 0.717) is 5.75 Å². The number of para-hydroxylation sites is 1. The molecule has 0 aliphatic carbocycles. The minimum Gasteiger partial charge on any atom is -0.496 e. The lowest BCUT2D eigenvalue weighted by Gasteiger charge is -2.09. The van der Waals surface area contributed by atoms with Gasteiger partial charge in [0.2, 0.25) is 0 Å². The van der Waals surface area contributed by atoms with Crippen molar-refractivity contribution in [3.8, 4) is 11.8 Å². The van der Waals surface area contributed by atoms with Gasteiger partial charge in [-0.1, -0.05) is 18.2 Å². The van der Waals surface area contributed by atoms with Crippen molar-refractivity contribution in [3.05, 3.63) is 41.8 Å². The molecule has 0 aliphatic heterocycles. The molecule has 1 aromatic heterocycles. The van der Waals surface area contributed by atoms with E-state index in [1.165, 1.54) is 6.34 Å². The van der Waals surface area contributed by atoms with Gasteiger partial charge in [0.25, 0.3) is 0 Å². The highest BCUT2D eigenvalue weighted by molar-refractivity contribution is 5.59. The summed E-state index contributed by atoms with van der Waals surface area (Å²) in [6, 6.07) is 7.49. The fourth-order valence-corrected chi connectivity index (χ4v) is 1.64. The standard InChI is InChI=1S/C15H17FN4O2/c1-20(2)10-18-14-12(16)8-17-15(19-14)22-9-11-6-4-5-7-13(11)21-3/h4-8,10H,9H2,1-3H3. The molecule has 0 N–H and O–H groups in total. The summed E-state index contributed by atoms with van der Waals surface area (Å²) in [6.45, 7) is 0.215. The third-order valence-electron chi connectivity index (χ3n) is 2.66. The number of halogens is 1. The van der Waals surface area contributed by atoms with Crippen LogP contribution in [-0.4, -0.2) is 42.4 Å². The monoisotopic (exact) mass is 304 g/mol. The van der Waals surface area contributed by atoms with E-state index in [-0.39, 0.29) is 18.4 Å². The number of rotatable bonds is 6. The van der Waals surface area contributed by atoms with E-state index < -0.39 is 5.82 Å². The Kier molecular flexibility index (Phi) is 5.24. The number of ether oxygens (including phenoxy) is 2. The van der Waals surface area contributed by atoms with Crippen LogP contribution < -0.4 is 9.47 Å². The van der Waals surface area contributed by atoms with Gasteiger partial charge < -0.3 is 14.4 Å². The molecule has 1 heterocycles. The van der Waals surface area contributed by atoms with Crippen LogP contribution in [0.4, 0.5) is 10.2 Å². The summed E-state index contributed by atoms with van der Waals surface area (Å²) in [5.74, 6) is 0.0249. The van der Waals surface area contributed by atoms with Crippen molar-refractivity contribution in [2.45, 2.75) is 6.61 Å². The first-order chi connectivity index (χ1) is 10.6. The first-order valence-corrected chi connectivity index (χ1v) is 6.58. The van der Waals surface area contributed by atoms with Gasteiger partial charge in [0.15, 0.2) is 11.6 Å². The highest BCUT2D eigenvalue weighted by Crippen LogP contribution is 2.20. The normalized spacial score (nSPS) is 10.7. The second-order valence-electron chi connectivity index (χ2n) is 4.63. The van der Waals surface area contributed by atoms with E-state index in [0.717, 1.165) is 11.8 Å². The summed E-state index contributed by atoms with van der Waals surface area (Å²) in [5, 5.41) is 0. The van der Waals surface area contributed by atoms with Crippen LogP contribution in [0, 0.1) is 5.82 Å². The SMILES string of the molecule is COc1ccccc1COc1ncc(F)c(N=CN(C)C)n1. The number of benzene rings is 1. The molecule has 116 valence electrons. The van der Waals surface area contributed by atoms with Gasteiger partial charge in [0, 0.05) is 19.7 Å². The Hall–Kier alpha value is -2.70. The highest BCUT2D eigenvalue weighted by atomic mass is 19.1. The van der Waals surface area contributed by atoms with Crippen molar-refractivity contribution in [2.24, 2.45) is 4.99 Å². The lowest BCUT2D eigenvalue weighted by atomic mass is 10.2. The molecule has 2 aromatic rings. The molecule has 22 heavy (non-hydrogen) atoms. The number of nitrogens with zero attached hydrogens (tertiary/aromatic N) is 4. The second kappa shape index (κ2) is 7.35. The molecule has 2 rings (SSSR count). The zero-order chi connectivity index (χ0) is 15.9. The van der Waals surface area contributed by atoms with E-state index in [2.05, 4.69) is 15.0 Å². The lowest BCUT2D eigenvalue weighted by Crippen LogP contribution is -2.07. The van der Waals surface area contributed by atoms with Crippen LogP contribution in [0.1, 0.15) is 5.56 Å². The molecule has 0 amide bonds. The van der Waals surface area contributed by atoms with E-state index in [4.69, 9.17) is 9.47 Å². The molecule has 0 saturated carbocycles. The molecule has 0 spiro atoms. The van der Waals surface area contributed by atoms with Gasteiger partial charge in [0.1, 0.15) is 12.4 Å². The summed E-state index contributed by atoms with van der Waals surface area (Å²) in [4.78, 5) is 13.3. The maximum absolute atomic E-state index is 13.6. The zero-order valence-electron chi connectivity index (χ0n) is 12.7. The van der Waals surface area contributed by atoms with Crippen LogP contribution in [0.15, 0.2) is 35.5 Å². The van der Waals surface area contributed by atoms with Crippen LogP contribution in [0.2, 0.25) is 0 Å². The molecule has 0 atom stereocenters. The molecule has 6 nitrogen and oxygen atoms in total. The summed E-state index contributed by atoms with van der Waals surface area (Å²) in [7, 11) is 5.14. The van der Waals surface area contributed by atoms with Crippen molar-refractivity contribution in [3.63, 3.8) is 0 Å². The Morgan fingerprint density at radius 1 is 1.32 bits per heavy atom. The maximum atomic E-state index is 13.6. The molecule has 0 aliphatic rings. The Balaban J connectivity index is 2.12. The minimum atomic E-state index is -0.609. The van der Waals surface area contributed by atoms with E-state index in [1.54, 1.807) is 26.1 Å². The molecule has 1 aromatic carbocycles. The highest BCUT2D eigenvalue weighted by Gasteiger charge is 2.08. The molecule has 0 saturated heterocycles. The van der Waals surface area contributed by atoms with E-state index >= 15 is 0 Å². The second-order valence-corrected chi connectivity index (χ2v) is 4.63. The van der Waals surface area contributed by atoms with Gasteiger partial charge in [-0.15, -0.1) is 0 Å². The summed E-state index contributed by atoms with van der Waals surface area (Å²) in [5.41, 5.74) is 0.844. The third kappa shape index (κ3) is 4.15. The smallest absolute Gasteiger partial charge is 0.318 e. The van der Waals surface area contributed by atoms with E-state index in [9.17, 15) is 4.39 Å². The van der Waals surface area contributed by atoms with Gasteiger partial charge >= 0.3 is 6.01 Å². The molecular weight excluding hydrogens is 287 g/mol. The quantitative estimate of drug-likeness (QED) is 0.606. The van der Waals surface area contributed by atoms with Crippen molar-refractivity contribution in [1.82, 2.24) is 14.9 Å². The van der Waals surface area contributed by atoms with Crippen molar-refractivity contribution < 1.29 is 13.9 Å². The van der Waals surface area contributed by atoms with Gasteiger partial charge in [-0.2, -0.15) is 4.98 Å². The largest absolute Gasteiger partial charge is 0.496 e. The number of hydrogen-bond donors (Lipinski definition) is 0. The van der Waals surface area contributed by atoms with Crippen LogP contribution in [-0.2, 0) is 6.61 Å². The average Bonchev–Trinajstić information content (AvgIpc) is 2.53. The topological polar surface area (TPSA) is 59.8 Å². The molecule has 0 bridgehead atoms. The minimum absolute atomic E-state index is 0.0539. The third-order valence-corrected chi connectivity index (χ3v) is 2.66. The summed E-state index contributed by atoms with van der Waals surface area (Å²) in [6.07, 6.45) is 2.49. The predicted molar refractivity (Wildman–Crippen MR) is 81.2 cm³/mol. The Morgan fingerprint density at radius 3 is 2.82 bits per heavy atom. The molecule has 0 fully saturated rings. The first kappa shape index (κ1) is 15.7. The van der Waals surface area contributed by atoms with Gasteiger partial charge in [-0.25, -0.2) is 14.4 Å². The van der Waals surface area contributed by atoms with Crippen LogP contribution in [0.25, 0.3) is 0 Å². The fraction of sp³-hybridized carbons (Fsp3) is 0.267. The molecule has 0 unspecified atom stereocenters. The van der Waals surface area contributed by atoms with Crippen LogP contribution >= 0.6 is 0 Å². The Morgan fingerprint density at radius 2 is 2.09 bits per heavy atom. The summed E-state index contributed by atoms with van der Waals surface area (Å²) < 4.78 is 24.3. The Labute approximate surface area is 128 Å². The van der Waals surface area contributed by atoms with Crippen LogP contribution in [0.3, 0.4) is 0 Å². The average molecular weight is 304 g/mol. The van der Waals surface area contributed by atoms with Gasteiger partial charge in [-0.05, 0) is 6.07 Å². The number of hydrogen-bond acceptors (Lipinski definition) is 5. The van der Waals surface area contributed by atoms with Crippen LogP contribution in [0.5, 0.6) is 11.8 Å². The number of aromatic nitrogens is 2. The first-order valence-electron chi connectivity index (χ1n) is 6.58. The summed E-state index contributed by atoms with van der Waals surface area (Å²) >= 11 is 0. The van der Waals surface area contributed by atoms with Gasteiger partial charge in [-0.3, -0.25) is 0 Å². The lowest BCUT2D eigenvalue weighted by molar-refractivity contribution is 0.273. The van der Waals surface area contributed by atoms with Crippen molar-refractivity contribution in [2.75, 3.05) is 21.2 Å². The Bertz CT molecular complexity index is 662. The number of methoxy groups -OCH3 is 1.